The summed E-state index contributed by atoms with van der Waals surface area (Å²) in [6.07, 6.45) is 12.5. The molecule has 0 bridgehead atoms. The Kier molecular flexibility index (Phi) is 6.93. The van der Waals surface area contributed by atoms with Crippen LogP contribution in [0.2, 0.25) is 0 Å². The fourth-order valence-electron chi connectivity index (χ4n) is 6.97. The fourth-order valence-corrected chi connectivity index (χ4v) is 7.54. The van der Waals surface area contributed by atoms with Crippen molar-refractivity contribution in [1.82, 2.24) is 25.4 Å². The number of hydrogen-bond acceptors (Lipinski definition) is 8. The Hall–Kier alpha value is -1.81. The second-order valence-electron chi connectivity index (χ2n) is 10.7. The number of fused-ring (bicyclic) bond motifs is 2. The van der Waals surface area contributed by atoms with Crippen LogP contribution in [0.5, 0.6) is 0 Å². The molecule has 3 aliphatic heterocycles. The first-order valence-corrected chi connectivity index (χ1v) is 14.4. The van der Waals surface area contributed by atoms with Gasteiger partial charge < -0.3 is 25.2 Å². The van der Waals surface area contributed by atoms with Crippen molar-refractivity contribution in [1.29, 1.82) is 0 Å². The first-order chi connectivity index (χ1) is 17.2. The molecule has 0 spiro atoms. The molecule has 2 N–H and O–H groups in total. The molecular weight excluding hydrogens is 462 g/mol. The predicted octanol–water partition coefficient (Wildman–Crippen LogP) is 2.07. The average molecular weight is 500 g/mol. The number of likely N-dealkylation sites (tertiary alicyclic amines) is 1. The molecular formula is C26H37N5O3S. The molecule has 6 atom stereocenters. The molecule has 4 heterocycles. The Labute approximate surface area is 211 Å². The van der Waals surface area contributed by atoms with Crippen LogP contribution in [0.4, 0.5) is 0 Å². The van der Waals surface area contributed by atoms with E-state index in [2.05, 4.69) is 25.4 Å². The third-order valence-electron chi connectivity index (χ3n) is 8.70. The first-order valence-electron chi connectivity index (χ1n) is 13.5. The van der Waals surface area contributed by atoms with Gasteiger partial charge in [-0.3, -0.25) is 9.59 Å². The molecule has 8 nitrogen and oxygen atoms in total. The van der Waals surface area contributed by atoms with E-state index in [1.54, 1.807) is 11.3 Å². The predicted molar refractivity (Wildman–Crippen MR) is 134 cm³/mol. The number of nitrogens with zero attached hydrogens (tertiary/aromatic N) is 3. The van der Waals surface area contributed by atoms with E-state index < -0.39 is 0 Å². The Morgan fingerprint density at radius 1 is 1.14 bits per heavy atom. The lowest BCUT2D eigenvalue weighted by Crippen LogP contribution is -2.70. The zero-order valence-electron chi connectivity index (χ0n) is 20.4. The number of amides is 1. The highest BCUT2D eigenvalue weighted by Gasteiger charge is 2.55. The second-order valence-corrected chi connectivity index (χ2v) is 11.7. The molecule has 6 rings (SSSR count). The van der Waals surface area contributed by atoms with Crippen molar-refractivity contribution >= 4 is 23.0 Å². The van der Waals surface area contributed by atoms with E-state index in [0.717, 1.165) is 56.9 Å². The van der Waals surface area contributed by atoms with Gasteiger partial charge in [0.05, 0.1) is 29.9 Å². The molecule has 1 amide bonds. The number of carbonyl (C=O) groups is 2. The minimum atomic E-state index is -0.202. The van der Waals surface area contributed by atoms with E-state index in [1.165, 1.54) is 25.7 Å². The third-order valence-corrected chi connectivity index (χ3v) is 9.48. The lowest BCUT2D eigenvalue weighted by Gasteiger charge is -2.58. The number of ether oxygens (including phenoxy) is 1. The molecule has 1 aromatic heterocycles. The third kappa shape index (κ3) is 4.68. The van der Waals surface area contributed by atoms with Gasteiger partial charge in [-0.25, -0.2) is 4.98 Å². The van der Waals surface area contributed by atoms with Crippen molar-refractivity contribution in [3.63, 3.8) is 0 Å². The molecule has 2 aliphatic carbocycles. The van der Waals surface area contributed by atoms with Crippen LogP contribution < -0.4 is 10.6 Å². The van der Waals surface area contributed by atoms with Crippen molar-refractivity contribution in [2.24, 2.45) is 5.92 Å². The van der Waals surface area contributed by atoms with Crippen molar-refractivity contribution in [2.75, 3.05) is 26.2 Å². The number of Topliss-reactive ketones (excluding diaryl/α,β-unsaturated/α-hetero) is 1. The summed E-state index contributed by atoms with van der Waals surface area (Å²) in [7, 11) is 0. The molecule has 1 aromatic rings. The molecule has 0 aromatic carbocycles. The van der Waals surface area contributed by atoms with Crippen LogP contribution >= 0.6 is 11.3 Å². The zero-order valence-corrected chi connectivity index (χ0v) is 21.2. The minimum Gasteiger partial charge on any atom is -0.369 e. The Balaban J connectivity index is 1.21. The van der Waals surface area contributed by atoms with Gasteiger partial charge in [0.25, 0.3) is 5.91 Å². The molecule has 35 heavy (non-hydrogen) atoms. The van der Waals surface area contributed by atoms with Crippen molar-refractivity contribution in [3.05, 3.63) is 28.4 Å². The maximum atomic E-state index is 13.6. The van der Waals surface area contributed by atoms with E-state index >= 15 is 0 Å². The lowest BCUT2D eigenvalue weighted by molar-refractivity contribution is -0.188. The average Bonchev–Trinajstić information content (AvgIpc) is 3.59. The number of rotatable bonds is 7. The number of aromatic nitrogens is 1. The van der Waals surface area contributed by atoms with Crippen LogP contribution in [0.15, 0.2) is 23.3 Å². The van der Waals surface area contributed by atoms with Gasteiger partial charge in [-0.1, -0.05) is 12.8 Å². The quantitative estimate of drug-likeness (QED) is 0.556. The monoisotopic (exact) mass is 499 g/mol. The summed E-state index contributed by atoms with van der Waals surface area (Å²) in [4.78, 5) is 36.0. The molecule has 5 aliphatic rings. The maximum absolute atomic E-state index is 13.6. The van der Waals surface area contributed by atoms with Crippen molar-refractivity contribution < 1.29 is 14.3 Å². The summed E-state index contributed by atoms with van der Waals surface area (Å²) in [5.74, 6) is -0.372. The normalized spacial score (nSPS) is 34.8. The molecule has 2 saturated carbocycles. The van der Waals surface area contributed by atoms with Crippen LogP contribution in [0.25, 0.3) is 0 Å². The summed E-state index contributed by atoms with van der Waals surface area (Å²) in [6, 6.07) is 0.443. The molecule has 6 unspecified atom stereocenters. The molecule has 2 saturated heterocycles. The van der Waals surface area contributed by atoms with Crippen molar-refractivity contribution in [2.45, 2.75) is 88.2 Å². The first kappa shape index (κ1) is 23.6. The van der Waals surface area contributed by atoms with Gasteiger partial charge in [0.1, 0.15) is 5.01 Å². The molecule has 190 valence electrons. The standard InChI is InChI=1S/C26H37N5O3S/c32-24-17-7-8-19(29-15-22-27-10-14-35-22)25-23(17)31(20-5-1-2-6-21(20)34-25)16-18(24)26(33)28-9-13-30-11-3-4-12-30/h10,14,16-17,19-21,23,25,29H,1-9,11-13,15H2,(H,28,33). The maximum Gasteiger partial charge on any atom is 0.256 e. The molecule has 0 radical (unpaired) electrons. The van der Waals surface area contributed by atoms with Gasteiger partial charge in [0, 0.05) is 49.4 Å². The Morgan fingerprint density at radius 2 is 2.00 bits per heavy atom. The highest BCUT2D eigenvalue weighted by molar-refractivity contribution is 7.09. The zero-order chi connectivity index (χ0) is 23.8. The second kappa shape index (κ2) is 10.3. The van der Waals surface area contributed by atoms with Crippen LogP contribution in [-0.4, -0.2) is 83.0 Å². The highest BCUT2D eigenvalue weighted by atomic mass is 32.1. The van der Waals surface area contributed by atoms with Gasteiger partial charge in [0.2, 0.25) is 0 Å². The summed E-state index contributed by atoms with van der Waals surface area (Å²) in [5, 5.41) is 9.82. The van der Waals surface area contributed by atoms with E-state index in [1.807, 2.05) is 17.8 Å². The minimum absolute atomic E-state index is 0.00513. The number of hydrogen-bond donors (Lipinski definition) is 2. The van der Waals surface area contributed by atoms with Gasteiger partial charge in [-0.15, -0.1) is 11.3 Å². The van der Waals surface area contributed by atoms with E-state index in [9.17, 15) is 9.59 Å². The summed E-state index contributed by atoms with van der Waals surface area (Å²) in [6.45, 7) is 4.39. The molecule has 4 fully saturated rings. The fraction of sp³-hybridized carbons (Fsp3) is 0.731. The van der Waals surface area contributed by atoms with Gasteiger partial charge >= 0.3 is 0 Å². The topological polar surface area (TPSA) is 86.8 Å². The Morgan fingerprint density at radius 3 is 2.83 bits per heavy atom. The van der Waals surface area contributed by atoms with Gasteiger partial charge in [-0.05, 0) is 51.6 Å². The highest BCUT2D eigenvalue weighted by Crippen LogP contribution is 2.44. The SMILES string of the molecule is O=C(NCCN1CCCC1)C1=CN2C3CCCCC3OC3C(NCc4nccs4)CCC(C1=O)C32. The van der Waals surface area contributed by atoms with E-state index in [4.69, 9.17) is 4.74 Å². The van der Waals surface area contributed by atoms with E-state index in [-0.39, 0.29) is 47.9 Å². The van der Waals surface area contributed by atoms with Crippen LogP contribution in [-0.2, 0) is 20.9 Å². The smallest absolute Gasteiger partial charge is 0.256 e. The van der Waals surface area contributed by atoms with Gasteiger partial charge in [0.15, 0.2) is 5.78 Å². The van der Waals surface area contributed by atoms with Crippen LogP contribution in [0.1, 0.15) is 56.4 Å². The molecule has 9 heteroatoms. The van der Waals surface area contributed by atoms with Crippen molar-refractivity contribution in [3.8, 4) is 0 Å². The van der Waals surface area contributed by atoms with Crippen LogP contribution in [0.3, 0.4) is 0 Å². The summed E-state index contributed by atoms with van der Waals surface area (Å²) in [5.41, 5.74) is 0.354. The number of thiazole rings is 1. The Bertz CT molecular complexity index is 947. The number of nitrogens with one attached hydrogen (secondary N) is 2. The van der Waals surface area contributed by atoms with Gasteiger partial charge in [-0.2, -0.15) is 0 Å². The number of ketones is 1. The number of morpholine rings is 1. The number of carbonyl (C=O) groups excluding carboxylic acids is 2. The van der Waals surface area contributed by atoms with Crippen LogP contribution in [0, 0.1) is 5.92 Å². The summed E-state index contributed by atoms with van der Waals surface area (Å²) >= 11 is 1.66. The summed E-state index contributed by atoms with van der Waals surface area (Å²) < 4.78 is 6.77. The van der Waals surface area contributed by atoms with E-state index in [0.29, 0.717) is 12.1 Å². The largest absolute Gasteiger partial charge is 0.369 e. The lowest BCUT2D eigenvalue weighted by atomic mass is 9.70.